The Morgan fingerprint density at radius 2 is 0.883 bits per heavy atom. The number of nitriles is 1. The van der Waals surface area contributed by atoms with Gasteiger partial charge in [-0.05, 0) is 71.8 Å². The van der Waals surface area contributed by atoms with E-state index in [4.69, 9.17) is 0 Å². The van der Waals surface area contributed by atoms with Gasteiger partial charge < -0.3 is 18.3 Å². The Labute approximate surface area is 340 Å². The Morgan fingerprint density at radius 3 is 1.35 bits per heavy atom. The zero-order valence-electron chi connectivity index (χ0n) is 32.4. The standard InChI is InChI=1S/C52H32F3N5/c1-57-39-18-7-5-16-37(39)47-43(57)24-22-35-33-14-3-9-20-41(33)59(50(35)47)45-27-32(31-13-11-12-30(26-31)29-56)28-46(49(45)52(53,54)55)60-42-21-10-4-15-34(42)36-23-25-44-48(51(36)60)38-17-6-8-19-40(38)58(44)2/h3-28H,1-2H3. The Balaban J connectivity index is 1.35. The number of hydrogen-bond donors (Lipinski definition) is 0. The summed E-state index contributed by atoms with van der Waals surface area (Å²) in [6, 6.07) is 52.5. The summed E-state index contributed by atoms with van der Waals surface area (Å²) >= 11 is 0. The first kappa shape index (κ1) is 34.3. The van der Waals surface area contributed by atoms with Crippen LogP contribution in [0.5, 0.6) is 0 Å². The summed E-state index contributed by atoms with van der Waals surface area (Å²) in [5.74, 6) is 0. The second kappa shape index (κ2) is 12.1. The van der Waals surface area contributed by atoms with E-state index in [0.717, 1.165) is 65.2 Å². The Hall–Kier alpha value is -7.76. The van der Waals surface area contributed by atoms with E-state index in [9.17, 15) is 5.26 Å². The van der Waals surface area contributed by atoms with Crippen molar-refractivity contribution in [2.75, 3.05) is 0 Å². The highest BCUT2D eigenvalue weighted by Crippen LogP contribution is 2.49. The molecule has 0 atom stereocenters. The molecule has 286 valence electrons. The van der Waals surface area contributed by atoms with Gasteiger partial charge in [0.25, 0.3) is 0 Å². The Bertz CT molecular complexity index is 3650. The summed E-state index contributed by atoms with van der Waals surface area (Å²) in [7, 11) is 4.00. The lowest BCUT2D eigenvalue weighted by atomic mass is 9.97. The number of fused-ring (bicyclic) bond motifs is 14. The van der Waals surface area contributed by atoms with Crippen LogP contribution in [0.25, 0.3) is 110 Å². The van der Waals surface area contributed by atoms with E-state index in [-0.39, 0.29) is 11.4 Å². The van der Waals surface area contributed by atoms with Crippen LogP contribution < -0.4 is 0 Å². The number of aromatic nitrogens is 4. The van der Waals surface area contributed by atoms with Crippen LogP contribution in [0, 0.1) is 11.3 Å². The Kier molecular flexibility index (Phi) is 6.94. The fourth-order valence-corrected chi connectivity index (χ4v) is 10.1. The molecule has 0 aliphatic rings. The van der Waals surface area contributed by atoms with Crippen molar-refractivity contribution in [3.8, 4) is 28.6 Å². The molecule has 0 spiro atoms. The molecule has 0 fully saturated rings. The second-order valence-corrected chi connectivity index (χ2v) is 15.6. The lowest BCUT2D eigenvalue weighted by Crippen LogP contribution is -2.16. The zero-order chi connectivity index (χ0) is 40.6. The summed E-state index contributed by atoms with van der Waals surface area (Å²) in [5.41, 5.74) is 7.36. The predicted molar refractivity (Wildman–Crippen MR) is 238 cm³/mol. The first-order valence-corrected chi connectivity index (χ1v) is 19.8. The molecule has 0 aliphatic heterocycles. The normalized spacial score (nSPS) is 12.4. The molecule has 60 heavy (non-hydrogen) atoms. The van der Waals surface area contributed by atoms with E-state index in [1.807, 2.05) is 138 Å². The number of para-hydroxylation sites is 4. The van der Waals surface area contributed by atoms with Crippen molar-refractivity contribution in [1.82, 2.24) is 18.3 Å². The van der Waals surface area contributed by atoms with E-state index in [0.29, 0.717) is 38.8 Å². The largest absolute Gasteiger partial charge is 0.420 e. The minimum atomic E-state index is -4.83. The van der Waals surface area contributed by atoms with E-state index >= 15 is 13.2 Å². The third-order valence-corrected chi connectivity index (χ3v) is 12.6. The van der Waals surface area contributed by atoms with Gasteiger partial charge in [-0.25, -0.2) is 0 Å². The van der Waals surface area contributed by atoms with Crippen molar-refractivity contribution < 1.29 is 13.2 Å². The van der Waals surface area contributed by atoms with Gasteiger partial charge in [0.05, 0.1) is 56.1 Å². The van der Waals surface area contributed by atoms with Crippen molar-refractivity contribution in [2.24, 2.45) is 14.1 Å². The maximum Gasteiger partial charge on any atom is 0.420 e. The first-order valence-electron chi connectivity index (χ1n) is 19.8. The van der Waals surface area contributed by atoms with E-state index in [1.54, 1.807) is 30.3 Å². The molecule has 0 N–H and O–H groups in total. The number of benzene rings is 8. The maximum atomic E-state index is 16.8. The first-order chi connectivity index (χ1) is 29.2. The molecule has 0 amide bonds. The molecular formula is C52H32F3N5. The number of aryl methyl sites for hydroxylation is 2. The van der Waals surface area contributed by atoms with Gasteiger partial charge in [-0.15, -0.1) is 0 Å². The van der Waals surface area contributed by atoms with Crippen LogP contribution in [-0.2, 0) is 20.3 Å². The summed E-state index contributed by atoms with van der Waals surface area (Å²) in [4.78, 5) is 0. The van der Waals surface area contributed by atoms with Gasteiger partial charge in [0.2, 0.25) is 0 Å². The van der Waals surface area contributed by atoms with Gasteiger partial charge in [-0.3, -0.25) is 0 Å². The number of halogens is 3. The quantitative estimate of drug-likeness (QED) is 0.176. The smallest absolute Gasteiger partial charge is 0.344 e. The number of nitrogens with zero attached hydrogens (tertiary/aromatic N) is 5. The van der Waals surface area contributed by atoms with Gasteiger partial charge >= 0.3 is 6.18 Å². The minimum Gasteiger partial charge on any atom is -0.344 e. The molecule has 4 heterocycles. The monoisotopic (exact) mass is 783 g/mol. The summed E-state index contributed by atoms with van der Waals surface area (Å²) in [6.07, 6.45) is -4.83. The summed E-state index contributed by atoms with van der Waals surface area (Å²) < 4.78 is 58.3. The van der Waals surface area contributed by atoms with Crippen molar-refractivity contribution in [1.29, 1.82) is 5.26 Å². The molecule has 0 bridgehead atoms. The van der Waals surface area contributed by atoms with Crippen molar-refractivity contribution in [3.05, 3.63) is 169 Å². The molecule has 0 aliphatic carbocycles. The van der Waals surface area contributed by atoms with Crippen molar-refractivity contribution in [2.45, 2.75) is 6.18 Å². The molecule has 4 aromatic heterocycles. The predicted octanol–water partition coefficient (Wildman–Crippen LogP) is 13.7. The minimum absolute atomic E-state index is 0.0000192. The average molecular weight is 784 g/mol. The molecule has 0 saturated heterocycles. The van der Waals surface area contributed by atoms with Gasteiger partial charge in [-0.1, -0.05) is 97.1 Å². The van der Waals surface area contributed by atoms with Gasteiger partial charge in [0.15, 0.2) is 0 Å². The third kappa shape index (κ3) is 4.52. The topological polar surface area (TPSA) is 43.5 Å². The molecule has 12 rings (SSSR count). The number of rotatable bonds is 3. The highest BCUT2D eigenvalue weighted by atomic mass is 19.4. The van der Waals surface area contributed by atoms with Crippen LogP contribution in [-0.4, -0.2) is 18.3 Å². The fraction of sp³-hybridized carbons (Fsp3) is 0.0577. The molecule has 0 saturated carbocycles. The fourth-order valence-electron chi connectivity index (χ4n) is 10.1. The van der Waals surface area contributed by atoms with Crippen LogP contribution in [0.2, 0.25) is 0 Å². The van der Waals surface area contributed by atoms with E-state index in [1.165, 1.54) is 0 Å². The van der Waals surface area contributed by atoms with Crippen LogP contribution >= 0.6 is 0 Å². The molecule has 12 aromatic rings. The van der Waals surface area contributed by atoms with Crippen molar-refractivity contribution in [3.63, 3.8) is 0 Å². The van der Waals surface area contributed by atoms with Crippen LogP contribution in [0.1, 0.15) is 11.1 Å². The van der Waals surface area contributed by atoms with Crippen molar-refractivity contribution >= 4 is 87.2 Å². The van der Waals surface area contributed by atoms with Crippen LogP contribution in [0.15, 0.2) is 158 Å². The number of alkyl halides is 3. The molecule has 8 aromatic carbocycles. The summed E-state index contributed by atoms with van der Waals surface area (Å²) in [5, 5.41) is 17.1. The maximum absolute atomic E-state index is 16.8. The van der Waals surface area contributed by atoms with E-state index < -0.39 is 11.7 Å². The molecule has 8 heteroatoms. The zero-order valence-corrected chi connectivity index (χ0v) is 32.4. The van der Waals surface area contributed by atoms with Crippen LogP contribution in [0.3, 0.4) is 0 Å². The lowest BCUT2D eigenvalue weighted by molar-refractivity contribution is -0.137. The second-order valence-electron chi connectivity index (χ2n) is 15.6. The average Bonchev–Trinajstić information content (AvgIpc) is 3.98. The Morgan fingerprint density at radius 1 is 0.433 bits per heavy atom. The molecular weight excluding hydrogens is 752 g/mol. The molecule has 5 nitrogen and oxygen atoms in total. The summed E-state index contributed by atoms with van der Waals surface area (Å²) in [6.45, 7) is 0. The lowest BCUT2D eigenvalue weighted by Gasteiger charge is -2.23. The third-order valence-electron chi connectivity index (χ3n) is 12.6. The van der Waals surface area contributed by atoms with Gasteiger partial charge in [-0.2, -0.15) is 18.4 Å². The highest BCUT2D eigenvalue weighted by Gasteiger charge is 2.40. The van der Waals surface area contributed by atoms with Crippen LogP contribution in [0.4, 0.5) is 13.2 Å². The number of hydrogen-bond acceptors (Lipinski definition) is 1. The van der Waals surface area contributed by atoms with Gasteiger partial charge in [0.1, 0.15) is 5.56 Å². The SMILES string of the molecule is Cn1c2ccccc2c2c1ccc1c3ccccc3n(-c3cc(-c4cccc(C#N)c4)cc(-n4c5ccccc5c5ccc6c(c7ccccc7n6C)c54)c3C(F)(F)F)c12. The molecule has 0 radical (unpaired) electrons. The van der Waals surface area contributed by atoms with Gasteiger partial charge in [0, 0.05) is 68.2 Å². The highest BCUT2D eigenvalue weighted by molar-refractivity contribution is 6.27. The van der Waals surface area contributed by atoms with E-state index in [2.05, 4.69) is 27.3 Å². The molecule has 0 unspecified atom stereocenters.